The average molecular weight is 440 g/mol. The summed E-state index contributed by atoms with van der Waals surface area (Å²) in [5, 5.41) is 25.9. The summed E-state index contributed by atoms with van der Waals surface area (Å²) in [7, 11) is 1.00. The molecule has 1 heterocycles. The van der Waals surface area contributed by atoms with Crippen LogP contribution in [0.1, 0.15) is 78.2 Å². The van der Waals surface area contributed by atoms with Gasteiger partial charge in [-0.2, -0.15) is 0 Å². The fourth-order valence-electron chi connectivity index (χ4n) is 4.00. The third-order valence-corrected chi connectivity index (χ3v) is 5.68. The van der Waals surface area contributed by atoms with Crippen LogP contribution in [0.15, 0.2) is 30.3 Å². The van der Waals surface area contributed by atoms with Gasteiger partial charge in [-0.3, -0.25) is 0 Å². The third-order valence-electron chi connectivity index (χ3n) is 5.68. The Labute approximate surface area is 189 Å². The van der Waals surface area contributed by atoms with Crippen molar-refractivity contribution in [2.45, 2.75) is 97.5 Å². The molecule has 31 heavy (non-hydrogen) atoms. The lowest BCUT2D eigenvalue weighted by atomic mass is 10.0. The summed E-state index contributed by atoms with van der Waals surface area (Å²) < 4.78 is 5.33. The Balaban J connectivity index is 0.000000633. The summed E-state index contributed by atoms with van der Waals surface area (Å²) in [5.74, 6) is 0.752. The van der Waals surface area contributed by atoms with Gasteiger partial charge in [0.15, 0.2) is 0 Å². The molecule has 4 unspecified atom stereocenters. The molecule has 1 aromatic rings. The van der Waals surface area contributed by atoms with E-state index in [9.17, 15) is 15.0 Å². The fraction of sp³-hybridized carbons (Fsp3) is 0.720. The first-order chi connectivity index (χ1) is 14.5. The van der Waals surface area contributed by atoms with Gasteiger partial charge in [-0.15, -0.1) is 0 Å². The molecule has 6 heteroatoms. The topological polar surface area (TPSA) is 90.2 Å². The number of nitrogens with zero attached hydrogens (tertiary/aromatic N) is 1. The minimum absolute atomic E-state index is 0. The van der Waals surface area contributed by atoms with Crippen molar-refractivity contribution >= 4 is 6.09 Å². The highest BCUT2D eigenvalue weighted by atomic mass is 16.6. The van der Waals surface area contributed by atoms with E-state index in [-0.39, 0.29) is 31.8 Å². The first kappa shape index (κ1) is 29.4. The van der Waals surface area contributed by atoms with Crippen LogP contribution in [0.5, 0.6) is 0 Å². The molecule has 180 valence electrons. The molecule has 2 aliphatic rings. The second-order valence-corrected chi connectivity index (χ2v) is 8.39. The zero-order chi connectivity index (χ0) is 22.4. The molecule has 1 aliphatic heterocycles. The van der Waals surface area contributed by atoms with E-state index < -0.39 is 0 Å². The van der Waals surface area contributed by atoms with Crippen LogP contribution in [0, 0.1) is 5.92 Å². The molecule has 1 saturated heterocycles. The standard InChI is InChI=1S/C15H21NO3.C8H16O.CH4O.CH4/c1-12-10-14(17)8-5-9-16(12)15(18)19-11-13-6-3-2-4-7-13;1-7-4-2-3-5-8(9)6-7;1-2;/h2-4,6-7,12,14,17H,5,8-11H2,1H3;7-9H,2-6H2,1H3;2H,1H3;1H4. The molecule has 1 amide bonds. The lowest BCUT2D eigenvalue weighted by molar-refractivity contribution is 0.0782. The number of aliphatic hydroxyl groups excluding tert-OH is 3. The highest BCUT2D eigenvalue weighted by Gasteiger charge is 2.26. The van der Waals surface area contributed by atoms with Crippen molar-refractivity contribution in [2.75, 3.05) is 13.7 Å². The molecule has 4 atom stereocenters. The molecule has 1 aromatic carbocycles. The normalized spacial score (nSPS) is 25.8. The Bertz CT molecular complexity index is 558. The lowest BCUT2D eigenvalue weighted by Gasteiger charge is -2.26. The number of hydrogen-bond donors (Lipinski definition) is 3. The van der Waals surface area contributed by atoms with Crippen LogP contribution in [-0.2, 0) is 11.3 Å². The first-order valence-corrected chi connectivity index (χ1v) is 11.2. The number of aliphatic hydroxyl groups is 3. The van der Waals surface area contributed by atoms with Crippen molar-refractivity contribution in [3.63, 3.8) is 0 Å². The largest absolute Gasteiger partial charge is 0.445 e. The second kappa shape index (κ2) is 17.0. The summed E-state index contributed by atoms with van der Waals surface area (Å²) in [5.41, 5.74) is 0.985. The Morgan fingerprint density at radius 3 is 2.23 bits per heavy atom. The number of amides is 1. The van der Waals surface area contributed by atoms with Gasteiger partial charge in [0, 0.05) is 19.7 Å². The molecule has 0 bridgehead atoms. The average Bonchev–Trinajstić information content (AvgIpc) is 3.04. The van der Waals surface area contributed by atoms with Gasteiger partial charge < -0.3 is 25.0 Å². The van der Waals surface area contributed by atoms with E-state index in [0.29, 0.717) is 19.6 Å². The maximum absolute atomic E-state index is 12.1. The summed E-state index contributed by atoms with van der Waals surface area (Å²) in [4.78, 5) is 13.8. The van der Waals surface area contributed by atoms with E-state index in [2.05, 4.69) is 6.92 Å². The smallest absolute Gasteiger partial charge is 0.410 e. The molecular weight excluding hydrogens is 394 g/mol. The van der Waals surface area contributed by atoms with Crippen molar-refractivity contribution < 1.29 is 24.9 Å². The predicted molar refractivity (Wildman–Crippen MR) is 126 cm³/mol. The number of likely N-dealkylation sites (tertiary alicyclic amines) is 1. The molecular formula is C25H45NO5. The maximum Gasteiger partial charge on any atom is 0.410 e. The SMILES string of the molecule is C.CC1CC(O)CCCN1C(=O)OCc1ccccc1.CC1CCCCC(O)C1.CO. The van der Waals surface area contributed by atoms with Crippen LogP contribution in [-0.4, -0.2) is 58.2 Å². The summed E-state index contributed by atoms with van der Waals surface area (Å²) in [6.07, 6.45) is 7.54. The van der Waals surface area contributed by atoms with E-state index in [1.54, 1.807) is 4.90 Å². The zero-order valence-electron chi connectivity index (χ0n) is 18.9. The number of benzene rings is 1. The zero-order valence-corrected chi connectivity index (χ0v) is 18.9. The fourth-order valence-corrected chi connectivity index (χ4v) is 4.00. The van der Waals surface area contributed by atoms with Crippen molar-refractivity contribution in [3.05, 3.63) is 35.9 Å². The monoisotopic (exact) mass is 439 g/mol. The Morgan fingerprint density at radius 2 is 1.55 bits per heavy atom. The summed E-state index contributed by atoms with van der Waals surface area (Å²) >= 11 is 0. The van der Waals surface area contributed by atoms with Gasteiger partial charge in [0.25, 0.3) is 0 Å². The quantitative estimate of drug-likeness (QED) is 0.579. The summed E-state index contributed by atoms with van der Waals surface area (Å²) in [6.45, 7) is 5.14. The van der Waals surface area contributed by atoms with Gasteiger partial charge >= 0.3 is 6.09 Å². The summed E-state index contributed by atoms with van der Waals surface area (Å²) in [6, 6.07) is 9.68. The molecule has 1 saturated carbocycles. The minimum Gasteiger partial charge on any atom is -0.445 e. The van der Waals surface area contributed by atoms with Crippen LogP contribution in [0.4, 0.5) is 4.79 Å². The van der Waals surface area contributed by atoms with E-state index in [1.807, 2.05) is 37.3 Å². The second-order valence-electron chi connectivity index (χ2n) is 8.39. The number of carbonyl (C=O) groups excluding carboxylic acids is 1. The molecule has 3 rings (SSSR count). The molecule has 0 aromatic heterocycles. The number of rotatable bonds is 2. The highest BCUT2D eigenvalue weighted by molar-refractivity contribution is 5.68. The Morgan fingerprint density at radius 1 is 0.968 bits per heavy atom. The van der Waals surface area contributed by atoms with Gasteiger partial charge in [-0.05, 0) is 50.5 Å². The van der Waals surface area contributed by atoms with Crippen molar-refractivity contribution in [1.82, 2.24) is 4.90 Å². The molecule has 0 radical (unpaired) electrons. The lowest BCUT2D eigenvalue weighted by Crippen LogP contribution is -2.39. The van der Waals surface area contributed by atoms with Crippen LogP contribution in [0.3, 0.4) is 0 Å². The van der Waals surface area contributed by atoms with Gasteiger partial charge in [0.05, 0.1) is 12.2 Å². The van der Waals surface area contributed by atoms with Crippen LogP contribution in [0.2, 0.25) is 0 Å². The molecule has 0 spiro atoms. The molecule has 6 nitrogen and oxygen atoms in total. The van der Waals surface area contributed by atoms with Gasteiger partial charge in [-0.25, -0.2) is 4.79 Å². The Hall–Kier alpha value is -1.63. The van der Waals surface area contributed by atoms with Crippen molar-refractivity contribution in [3.8, 4) is 0 Å². The molecule has 3 N–H and O–H groups in total. The van der Waals surface area contributed by atoms with Crippen molar-refractivity contribution in [2.24, 2.45) is 5.92 Å². The Kier molecular flexibility index (Phi) is 16.1. The highest BCUT2D eigenvalue weighted by Crippen LogP contribution is 2.22. The third kappa shape index (κ3) is 12.1. The van der Waals surface area contributed by atoms with Crippen LogP contribution in [0.25, 0.3) is 0 Å². The number of carbonyl (C=O) groups is 1. The van der Waals surface area contributed by atoms with E-state index in [4.69, 9.17) is 9.84 Å². The van der Waals surface area contributed by atoms with E-state index in [1.165, 1.54) is 19.3 Å². The number of hydrogen-bond acceptors (Lipinski definition) is 5. The van der Waals surface area contributed by atoms with Crippen LogP contribution >= 0.6 is 0 Å². The predicted octanol–water partition coefficient (Wildman–Crippen LogP) is 4.75. The molecule has 2 fully saturated rings. The van der Waals surface area contributed by atoms with Crippen LogP contribution < -0.4 is 0 Å². The van der Waals surface area contributed by atoms with Gasteiger partial charge in [0.1, 0.15) is 6.61 Å². The maximum atomic E-state index is 12.1. The van der Waals surface area contributed by atoms with E-state index >= 15 is 0 Å². The van der Waals surface area contributed by atoms with Crippen molar-refractivity contribution in [1.29, 1.82) is 0 Å². The molecule has 1 aliphatic carbocycles. The minimum atomic E-state index is -0.304. The van der Waals surface area contributed by atoms with E-state index in [0.717, 1.165) is 44.3 Å². The van der Waals surface area contributed by atoms with Gasteiger partial charge in [-0.1, -0.05) is 63.9 Å². The van der Waals surface area contributed by atoms with Gasteiger partial charge in [0.2, 0.25) is 0 Å². The first-order valence-electron chi connectivity index (χ1n) is 11.2. The number of ether oxygens (including phenoxy) is 1.